The van der Waals surface area contributed by atoms with Gasteiger partial charge in [-0.2, -0.15) is 4.99 Å². The molecule has 0 aliphatic heterocycles. The van der Waals surface area contributed by atoms with E-state index in [4.69, 9.17) is 9.47 Å². The predicted octanol–water partition coefficient (Wildman–Crippen LogP) is 3.72. The fourth-order valence-corrected chi connectivity index (χ4v) is 4.07. The van der Waals surface area contributed by atoms with E-state index in [2.05, 4.69) is 35.5 Å². The molecule has 6 heteroatoms. The summed E-state index contributed by atoms with van der Waals surface area (Å²) in [6.07, 6.45) is 0. The summed E-state index contributed by atoms with van der Waals surface area (Å²) in [5.74, 6) is 0.215. The fraction of sp³-hybridized carbons (Fsp3) is 0.300. The quantitative estimate of drug-likeness (QED) is 0.688. The number of ether oxygens (including phenoxy) is 2. The van der Waals surface area contributed by atoms with E-state index >= 15 is 0 Å². The molecule has 0 atom stereocenters. The summed E-state index contributed by atoms with van der Waals surface area (Å²) in [5, 5.41) is 0. The lowest BCUT2D eigenvalue weighted by atomic mass is 10.1. The van der Waals surface area contributed by atoms with Crippen molar-refractivity contribution in [2.75, 3.05) is 20.8 Å². The second-order valence-corrected chi connectivity index (χ2v) is 7.05. The Hall–Kier alpha value is -2.44. The van der Waals surface area contributed by atoms with Gasteiger partial charge in [-0.15, -0.1) is 0 Å². The summed E-state index contributed by atoms with van der Waals surface area (Å²) >= 11 is 1.53. The fourth-order valence-electron chi connectivity index (χ4n) is 2.96. The zero-order valence-corrected chi connectivity index (χ0v) is 16.2. The highest BCUT2D eigenvalue weighted by molar-refractivity contribution is 7.16. The lowest BCUT2D eigenvalue weighted by molar-refractivity contribution is 0.0994. The number of hydrogen-bond acceptors (Lipinski definition) is 4. The number of para-hydroxylation sites is 1. The van der Waals surface area contributed by atoms with Crippen LogP contribution in [0.4, 0.5) is 0 Å². The molecule has 1 heterocycles. The van der Waals surface area contributed by atoms with Crippen molar-refractivity contribution in [2.45, 2.75) is 20.4 Å². The number of carbonyl (C=O) groups is 1. The van der Waals surface area contributed by atoms with Crippen LogP contribution in [0.2, 0.25) is 0 Å². The van der Waals surface area contributed by atoms with Gasteiger partial charge in [-0.3, -0.25) is 4.79 Å². The lowest BCUT2D eigenvalue weighted by Crippen LogP contribution is -2.19. The molecular formula is C20H22N2O3S. The van der Waals surface area contributed by atoms with Crippen LogP contribution in [-0.2, 0) is 11.3 Å². The Bertz CT molecular complexity index is 1020. The van der Waals surface area contributed by atoms with Crippen LogP contribution >= 0.6 is 11.3 Å². The van der Waals surface area contributed by atoms with Crippen LogP contribution in [0.15, 0.2) is 41.4 Å². The van der Waals surface area contributed by atoms with Gasteiger partial charge in [0.25, 0.3) is 5.91 Å². The Morgan fingerprint density at radius 3 is 2.69 bits per heavy atom. The molecule has 0 saturated heterocycles. The minimum absolute atomic E-state index is 0.311. The Morgan fingerprint density at radius 1 is 1.19 bits per heavy atom. The normalized spacial score (nSPS) is 11.9. The van der Waals surface area contributed by atoms with Gasteiger partial charge < -0.3 is 14.0 Å². The number of hydrogen-bond donors (Lipinski definition) is 0. The molecule has 0 aliphatic carbocycles. The van der Waals surface area contributed by atoms with Gasteiger partial charge in [-0.05, 0) is 43.2 Å². The number of amides is 1. The zero-order valence-electron chi connectivity index (χ0n) is 15.4. The summed E-state index contributed by atoms with van der Waals surface area (Å²) in [6.45, 7) is 5.34. The Kier molecular flexibility index (Phi) is 5.54. The maximum atomic E-state index is 12.8. The largest absolute Gasteiger partial charge is 0.496 e. The van der Waals surface area contributed by atoms with E-state index in [1.165, 1.54) is 22.5 Å². The van der Waals surface area contributed by atoms with E-state index in [1.54, 1.807) is 26.4 Å². The van der Waals surface area contributed by atoms with E-state index in [-0.39, 0.29) is 5.91 Å². The number of thiazole rings is 1. The molecule has 3 rings (SSSR count). The summed E-state index contributed by atoms with van der Waals surface area (Å²) in [5.41, 5.74) is 3.90. The number of methoxy groups -OCH3 is 2. The number of benzene rings is 2. The topological polar surface area (TPSA) is 52.8 Å². The number of aryl methyl sites for hydroxylation is 2. The molecule has 0 fully saturated rings. The molecule has 0 bridgehead atoms. The number of aromatic nitrogens is 1. The minimum atomic E-state index is -0.311. The average Bonchev–Trinajstić information content (AvgIpc) is 2.97. The van der Waals surface area contributed by atoms with Gasteiger partial charge in [0.2, 0.25) is 0 Å². The first-order chi connectivity index (χ1) is 12.5. The smallest absolute Gasteiger partial charge is 0.283 e. The first-order valence-corrected chi connectivity index (χ1v) is 9.18. The molecule has 0 radical (unpaired) electrons. The Labute approximate surface area is 156 Å². The van der Waals surface area contributed by atoms with Crippen molar-refractivity contribution in [3.63, 3.8) is 0 Å². The molecule has 1 aromatic heterocycles. The van der Waals surface area contributed by atoms with Crippen LogP contribution in [0.3, 0.4) is 0 Å². The molecule has 5 nitrogen and oxygen atoms in total. The SMILES string of the molecule is COCCn1c(=NC(=O)c2ccccc2OC)sc2c(C)cc(C)cc21. The van der Waals surface area contributed by atoms with Crippen LogP contribution < -0.4 is 9.54 Å². The Balaban J connectivity index is 2.18. The van der Waals surface area contributed by atoms with Gasteiger partial charge in [0, 0.05) is 13.7 Å². The molecule has 136 valence electrons. The van der Waals surface area contributed by atoms with Crippen LogP contribution in [0.1, 0.15) is 21.5 Å². The van der Waals surface area contributed by atoms with Crippen molar-refractivity contribution < 1.29 is 14.3 Å². The third kappa shape index (κ3) is 3.57. The summed E-state index contributed by atoms with van der Waals surface area (Å²) < 4.78 is 13.7. The maximum Gasteiger partial charge on any atom is 0.283 e. The molecule has 3 aromatic rings. The van der Waals surface area contributed by atoms with Crippen LogP contribution in [0, 0.1) is 13.8 Å². The van der Waals surface area contributed by atoms with Gasteiger partial charge in [-0.25, -0.2) is 0 Å². The van der Waals surface area contributed by atoms with Crippen molar-refractivity contribution in [3.8, 4) is 5.75 Å². The minimum Gasteiger partial charge on any atom is -0.496 e. The molecule has 0 N–H and O–H groups in total. The number of rotatable bonds is 5. The summed E-state index contributed by atoms with van der Waals surface area (Å²) in [7, 11) is 3.22. The first kappa shape index (κ1) is 18.4. The molecule has 0 spiro atoms. The zero-order chi connectivity index (χ0) is 18.7. The van der Waals surface area contributed by atoms with E-state index in [9.17, 15) is 4.79 Å². The second kappa shape index (κ2) is 7.85. The summed E-state index contributed by atoms with van der Waals surface area (Å²) in [4.78, 5) is 17.8. The lowest BCUT2D eigenvalue weighted by Gasteiger charge is -2.06. The van der Waals surface area contributed by atoms with Gasteiger partial charge in [0.15, 0.2) is 4.80 Å². The molecule has 0 unspecified atom stereocenters. The average molecular weight is 370 g/mol. The highest BCUT2D eigenvalue weighted by Gasteiger charge is 2.14. The van der Waals surface area contributed by atoms with Gasteiger partial charge in [-0.1, -0.05) is 29.5 Å². The molecular weight excluding hydrogens is 348 g/mol. The molecule has 1 amide bonds. The second-order valence-electron chi connectivity index (χ2n) is 6.08. The molecule has 0 aliphatic rings. The van der Waals surface area contributed by atoms with Gasteiger partial charge >= 0.3 is 0 Å². The first-order valence-electron chi connectivity index (χ1n) is 8.36. The number of nitrogens with zero attached hydrogens (tertiary/aromatic N) is 2. The van der Waals surface area contributed by atoms with E-state index in [0.29, 0.717) is 29.3 Å². The summed E-state index contributed by atoms with van der Waals surface area (Å²) in [6, 6.07) is 11.4. The van der Waals surface area contributed by atoms with Crippen LogP contribution in [0.5, 0.6) is 5.75 Å². The number of carbonyl (C=O) groups excluding carboxylic acids is 1. The van der Waals surface area contributed by atoms with Crippen molar-refractivity contribution in [3.05, 3.63) is 57.9 Å². The molecule has 0 saturated carbocycles. The van der Waals surface area contributed by atoms with E-state index < -0.39 is 0 Å². The van der Waals surface area contributed by atoms with E-state index in [0.717, 1.165) is 10.2 Å². The van der Waals surface area contributed by atoms with Crippen molar-refractivity contribution in [1.82, 2.24) is 4.57 Å². The third-order valence-electron chi connectivity index (χ3n) is 4.17. The van der Waals surface area contributed by atoms with Crippen molar-refractivity contribution in [2.24, 2.45) is 4.99 Å². The van der Waals surface area contributed by atoms with Crippen molar-refractivity contribution >= 4 is 27.5 Å². The third-order valence-corrected chi connectivity index (χ3v) is 5.40. The van der Waals surface area contributed by atoms with Crippen molar-refractivity contribution in [1.29, 1.82) is 0 Å². The monoisotopic (exact) mass is 370 g/mol. The highest BCUT2D eigenvalue weighted by Crippen LogP contribution is 2.24. The Morgan fingerprint density at radius 2 is 1.96 bits per heavy atom. The van der Waals surface area contributed by atoms with Gasteiger partial charge in [0.05, 0.1) is 29.5 Å². The molecule has 26 heavy (non-hydrogen) atoms. The van der Waals surface area contributed by atoms with E-state index in [1.807, 2.05) is 12.1 Å². The van der Waals surface area contributed by atoms with Gasteiger partial charge in [0.1, 0.15) is 5.75 Å². The predicted molar refractivity (Wildman–Crippen MR) is 104 cm³/mol. The van der Waals surface area contributed by atoms with Crippen LogP contribution in [-0.4, -0.2) is 31.3 Å². The maximum absolute atomic E-state index is 12.8. The standard InChI is InChI=1S/C20H22N2O3S/c1-13-11-14(2)18-16(12-13)22(9-10-24-3)20(26-18)21-19(23)15-7-5-6-8-17(15)25-4/h5-8,11-12H,9-10H2,1-4H3. The molecule has 2 aromatic carbocycles. The number of fused-ring (bicyclic) bond motifs is 1. The van der Waals surface area contributed by atoms with Crippen LogP contribution in [0.25, 0.3) is 10.2 Å². The highest BCUT2D eigenvalue weighted by atomic mass is 32.1.